The first-order valence-electron chi connectivity index (χ1n) is 5.43. The van der Waals surface area contributed by atoms with Crippen molar-refractivity contribution in [2.45, 2.75) is 46.1 Å². The van der Waals surface area contributed by atoms with E-state index in [0.717, 1.165) is 12.8 Å². The predicted octanol–water partition coefficient (Wildman–Crippen LogP) is 2.29. The van der Waals surface area contributed by atoms with Crippen molar-refractivity contribution in [2.75, 3.05) is 6.61 Å². The molecule has 0 aromatic carbocycles. The first kappa shape index (κ1) is 14.2. The van der Waals surface area contributed by atoms with Gasteiger partial charge in [0.2, 0.25) is 0 Å². The summed E-state index contributed by atoms with van der Waals surface area (Å²) >= 11 is 0. The first-order valence-corrected chi connectivity index (χ1v) is 5.43. The zero-order chi connectivity index (χ0) is 11.9. The zero-order valence-corrected chi connectivity index (χ0v) is 9.95. The maximum absolute atomic E-state index is 11.5. The lowest BCUT2D eigenvalue weighted by molar-refractivity contribution is -0.160. The standard InChI is InChI=1S/C12H22O3/c1-5-7-8-9-10(13)12(3,4)11(14)15-6-2/h5,10,13H,1,6-9H2,2-4H3/t10-/m1/s1. The van der Waals surface area contributed by atoms with Crippen LogP contribution in [-0.4, -0.2) is 23.8 Å². The smallest absolute Gasteiger partial charge is 0.314 e. The van der Waals surface area contributed by atoms with E-state index in [1.54, 1.807) is 20.8 Å². The molecular weight excluding hydrogens is 192 g/mol. The van der Waals surface area contributed by atoms with Gasteiger partial charge in [0.1, 0.15) is 0 Å². The Morgan fingerprint density at radius 1 is 1.60 bits per heavy atom. The maximum Gasteiger partial charge on any atom is 0.314 e. The molecule has 0 bridgehead atoms. The molecule has 0 fully saturated rings. The fourth-order valence-corrected chi connectivity index (χ4v) is 1.27. The van der Waals surface area contributed by atoms with E-state index in [9.17, 15) is 9.90 Å². The van der Waals surface area contributed by atoms with E-state index in [0.29, 0.717) is 13.0 Å². The minimum atomic E-state index is -0.822. The molecule has 0 aliphatic rings. The van der Waals surface area contributed by atoms with Crippen LogP contribution in [0.5, 0.6) is 0 Å². The molecule has 0 heterocycles. The Kier molecular flexibility index (Phi) is 6.25. The van der Waals surface area contributed by atoms with Crippen molar-refractivity contribution in [3.05, 3.63) is 12.7 Å². The van der Waals surface area contributed by atoms with Crippen LogP contribution in [0.2, 0.25) is 0 Å². The van der Waals surface area contributed by atoms with Crippen molar-refractivity contribution in [2.24, 2.45) is 5.41 Å². The summed E-state index contributed by atoms with van der Waals surface area (Å²) in [7, 11) is 0. The van der Waals surface area contributed by atoms with E-state index >= 15 is 0 Å². The van der Waals surface area contributed by atoms with Crippen LogP contribution in [-0.2, 0) is 9.53 Å². The van der Waals surface area contributed by atoms with E-state index in [2.05, 4.69) is 6.58 Å². The molecule has 15 heavy (non-hydrogen) atoms. The number of allylic oxidation sites excluding steroid dienone is 1. The molecule has 1 atom stereocenters. The molecule has 0 aliphatic heterocycles. The molecule has 0 radical (unpaired) electrons. The highest BCUT2D eigenvalue weighted by Gasteiger charge is 2.36. The third kappa shape index (κ3) is 4.47. The molecule has 0 aliphatic carbocycles. The van der Waals surface area contributed by atoms with E-state index in [-0.39, 0.29) is 5.97 Å². The Balaban J connectivity index is 4.17. The van der Waals surface area contributed by atoms with Gasteiger partial charge in [-0.1, -0.05) is 6.08 Å². The third-order valence-electron chi connectivity index (χ3n) is 2.52. The van der Waals surface area contributed by atoms with Crippen molar-refractivity contribution in [3.63, 3.8) is 0 Å². The molecule has 3 nitrogen and oxygen atoms in total. The Morgan fingerprint density at radius 2 is 2.20 bits per heavy atom. The summed E-state index contributed by atoms with van der Waals surface area (Å²) in [5, 5.41) is 9.87. The number of aliphatic hydroxyl groups is 1. The van der Waals surface area contributed by atoms with Gasteiger partial charge in [-0.2, -0.15) is 0 Å². The normalized spacial score (nSPS) is 13.3. The summed E-state index contributed by atoms with van der Waals surface area (Å²) in [6.45, 7) is 9.15. The Labute approximate surface area is 92.1 Å². The van der Waals surface area contributed by atoms with Crippen molar-refractivity contribution in [1.29, 1.82) is 0 Å². The van der Waals surface area contributed by atoms with Gasteiger partial charge in [0.25, 0.3) is 0 Å². The van der Waals surface area contributed by atoms with Crippen molar-refractivity contribution in [3.8, 4) is 0 Å². The second-order valence-electron chi connectivity index (χ2n) is 4.18. The molecule has 0 aromatic heterocycles. The molecule has 0 unspecified atom stereocenters. The summed E-state index contributed by atoms with van der Waals surface area (Å²) in [6.07, 6.45) is 3.45. The fraction of sp³-hybridized carbons (Fsp3) is 0.750. The summed E-state index contributed by atoms with van der Waals surface area (Å²) in [5.41, 5.74) is -0.822. The Hall–Kier alpha value is -0.830. The SMILES string of the molecule is C=CCCC[C@@H](O)C(C)(C)C(=O)OCC. The molecule has 0 rings (SSSR count). The third-order valence-corrected chi connectivity index (χ3v) is 2.52. The number of hydrogen-bond donors (Lipinski definition) is 1. The first-order chi connectivity index (χ1) is 6.96. The van der Waals surface area contributed by atoms with Gasteiger partial charge < -0.3 is 9.84 Å². The van der Waals surface area contributed by atoms with E-state index in [1.807, 2.05) is 6.08 Å². The minimum Gasteiger partial charge on any atom is -0.466 e. The lowest BCUT2D eigenvalue weighted by atomic mass is 9.84. The molecule has 3 heteroatoms. The lowest BCUT2D eigenvalue weighted by Crippen LogP contribution is -2.38. The highest BCUT2D eigenvalue weighted by Crippen LogP contribution is 2.26. The molecule has 88 valence electrons. The van der Waals surface area contributed by atoms with Crippen LogP contribution in [0.15, 0.2) is 12.7 Å². The maximum atomic E-state index is 11.5. The van der Waals surface area contributed by atoms with Crippen LogP contribution < -0.4 is 0 Å². The molecule has 0 aromatic rings. The summed E-state index contributed by atoms with van der Waals surface area (Å²) in [6, 6.07) is 0. The van der Waals surface area contributed by atoms with Crippen LogP contribution in [0.1, 0.15) is 40.0 Å². The predicted molar refractivity (Wildman–Crippen MR) is 60.5 cm³/mol. The summed E-state index contributed by atoms with van der Waals surface area (Å²) in [4.78, 5) is 11.5. The van der Waals surface area contributed by atoms with Gasteiger partial charge in [-0.15, -0.1) is 6.58 Å². The number of aliphatic hydroxyl groups excluding tert-OH is 1. The van der Waals surface area contributed by atoms with Gasteiger partial charge in [0.05, 0.1) is 18.1 Å². The topological polar surface area (TPSA) is 46.5 Å². The molecule has 0 spiro atoms. The second-order valence-corrected chi connectivity index (χ2v) is 4.18. The van der Waals surface area contributed by atoms with Crippen LogP contribution in [0.25, 0.3) is 0 Å². The van der Waals surface area contributed by atoms with Gasteiger partial charge in [-0.3, -0.25) is 4.79 Å². The number of rotatable bonds is 7. The summed E-state index contributed by atoms with van der Waals surface area (Å²) in [5.74, 6) is -0.337. The minimum absolute atomic E-state index is 0.337. The fourth-order valence-electron chi connectivity index (χ4n) is 1.27. The second kappa shape index (κ2) is 6.62. The Morgan fingerprint density at radius 3 is 2.67 bits per heavy atom. The molecule has 0 saturated carbocycles. The quantitative estimate of drug-likeness (QED) is 0.402. The van der Waals surface area contributed by atoms with Crippen LogP contribution in [0.4, 0.5) is 0 Å². The number of carbonyl (C=O) groups is 1. The van der Waals surface area contributed by atoms with Crippen LogP contribution >= 0.6 is 0 Å². The van der Waals surface area contributed by atoms with Gasteiger partial charge in [-0.05, 0) is 40.0 Å². The number of unbranched alkanes of at least 4 members (excludes halogenated alkanes) is 1. The van der Waals surface area contributed by atoms with E-state index in [1.165, 1.54) is 0 Å². The largest absolute Gasteiger partial charge is 0.466 e. The number of carbonyl (C=O) groups excluding carboxylic acids is 1. The van der Waals surface area contributed by atoms with Gasteiger partial charge in [0, 0.05) is 0 Å². The van der Waals surface area contributed by atoms with E-state index in [4.69, 9.17) is 4.74 Å². The lowest BCUT2D eigenvalue weighted by Gasteiger charge is -2.27. The van der Waals surface area contributed by atoms with Crippen molar-refractivity contribution < 1.29 is 14.6 Å². The van der Waals surface area contributed by atoms with Crippen LogP contribution in [0.3, 0.4) is 0 Å². The molecular formula is C12H22O3. The van der Waals surface area contributed by atoms with Gasteiger partial charge in [0.15, 0.2) is 0 Å². The van der Waals surface area contributed by atoms with Crippen molar-refractivity contribution in [1.82, 2.24) is 0 Å². The number of hydrogen-bond acceptors (Lipinski definition) is 3. The van der Waals surface area contributed by atoms with Crippen molar-refractivity contribution >= 4 is 5.97 Å². The van der Waals surface area contributed by atoms with Crippen LogP contribution in [0, 0.1) is 5.41 Å². The highest BCUT2D eigenvalue weighted by molar-refractivity contribution is 5.76. The average Bonchev–Trinajstić information content (AvgIpc) is 2.18. The molecule has 1 N–H and O–H groups in total. The highest BCUT2D eigenvalue weighted by atomic mass is 16.5. The average molecular weight is 214 g/mol. The number of esters is 1. The number of ether oxygens (including phenoxy) is 1. The Bertz CT molecular complexity index is 209. The van der Waals surface area contributed by atoms with Gasteiger partial charge in [-0.25, -0.2) is 0 Å². The summed E-state index contributed by atoms with van der Waals surface area (Å²) < 4.78 is 4.92. The van der Waals surface area contributed by atoms with Gasteiger partial charge >= 0.3 is 5.97 Å². The monoisotopic (exact) mass is 214 g/mol. The van der Waals surface area contributed by atoms with E-state index < -0.39 is 11.5 Å². The molecule has 0 amide bonds. The molecule has 0 saturated heterocycles. The zero-order valence-electron chi connectivity index (χ0n) is 9.95.